The molecular weight excluding hydrogens is 1030 g/mol. The van der Waals surface area contributed by atoms with E-state index in [9.17, 15) is 24.2 Å². The van der Waals surface area contributed by atoms with Crippen molar-refractivity contribution in [3.8, 4) is 44.9 Å². The standard InChI is InChI=1S/C72H72F2N2O6/c1-45-32-56(66-40-64(81-3)30-31-69(66)73)24-22-54(45)34-47-10-26-61(27-11-47)76-44-59(37-63(76)39-71(79)80)52-18-20-53(21-19-52)67-41-65(82-4)42-68(72(67)74)57-25-23-55(46(2)33-57)35-48-12-28-60(29-13-48)75-43-58(36-62(75)38-70(77)78)51-16-14-50(15-17-51)49-8-6-5-7-9-49/h5-17,22-33,40-42,52-53,58-59,62-63H,18-21,34-39,43-44H2,1-4H3,(H,77,78)(H,79,80). The number of ether oxygens (including phenoxy) is 2. The summed E-state index contributed by atoms with van der Waals surface area (Å²) in [5.41, 5.74) is 15.7. The van der Waals surface area contributed by atoms with Crippen molar-refractivity contribution in [2.45, 2.75) is 102 Å². The summed E-state index contributed by atoms with van der Waals surface area (Å²) in [6, 6.07) is 56.5. The van der Waals surface area contributed by atoms with Crippen LogP contribution >= 0.6 is 0 Å². The normalized spacial score (nSPS) is 19.8. The molecule has 0 radical (unpaired) electrons. The van der Waals surface area contributed by atoms with E-state index in [4.69, 9.17) is 9.47 Å². The molecule has 3 fully saturated rings. The molecule has 0 bridgehead atoms. The maximum Gasteiger partial charge on any atom is 0.305 e. The lowest BCUT2D eigenvalue weighted by Crippen LogP contribution is -2.31. The Morgan fingerprint density at radius 1 is 0.512 bits per heavy atom. The Bertz CT molecular complexity index is 3560. The van der Waals surface area contributed by atoms with Gasteiger partial charge in [-0.1, -0.05) is 115 Å². The molecule has 8 aromatic rings. The number of aryl methyl sites for hydroxylation is 2. The minimum absolute atomic E-state index is 0.0356. The van der Waals surface area contributed by atoms with Gasteiger partial charge in [0.25, 0.3) is 0 Å². The van der Waals surface area contributed by atoms with Crippen LogP contribution in [-0.4, -0.2) is 61.5 Å². The van der Waals surface area contributed by atoms with Crippen LogP contribution in [0.5, 0.6) is 11.5 Å². The number of rotatable bonds is 18. The molecule has 10 heteroatoms. The Morgan fingerprint density at radius 3 is 1.60 bits per heavy atom. The van der Waals surface area contributed by atoms with Gasteiger partial charge >= 0.3 is 11.9 Å². The van der Waals surface area contributed by atoms with E-state index in [0.29, 0.717) is 52.9 Å². The smallest absolute Gasteiger partial charge is 0.305 e. The fourth-order valence-electron chi connectivity index (χ4n) is 13.6. The van der Waals surface area contributed by atoms with Crippen LogP contribution in [-0.2, 0) is 22.4 Å². The molecule has 0 amide bonds. The maximum atomic E-state index is 17.0. The molecule has 420 valence electrons. The van der Waals surface area contributed by atoms with Crippen molar-refractivity contribution in [2.24, 2.45) is 11.8 Å². The van der Waals surface area contributed by atoms with Crippen molar-refractivity contribution in [3.63, 3.8) is 0 Å². The molecule has 2 aliphatic heterocycles. The zero-order chi connectivity index (χ0) is 57.0. The molecular formula is C72H72F2N2O6. The lowest BCUT2D eigenvalue weighted by atomic mass is 9.72. The van der Waals surface area contributed by atoms with E-state index in [-0.39, 0.29) is 48.4 Å². The zero-order valence-electron chi connectivity index (χ0n) is 47.3. The number of carboxylic acids is 2. The summed E-state index contributed by atoms with van der Waals surface area (Å²) in [6.45, 7) is 5.66. The van der Waals surface area contributed by atoms with Crippen LogP contribution in [0.15, 0.2) is 170 Å². The Hall–Kier alpha value is -8.24. The monoisotopic (exact) mass is 1100 g/mol. The van der Waals surface area contributed by atoms with E-state index in [1.165, 1.54) is 17.2 Å². The highest BCUT2D eigenvalue weighted by Crippen LogP contribution is 2.47. The molecule has 2 heterocycles. The number of halogens is 2. The van der Waals surface area contributed by atoms with E-state index in [0.717, 1.165) is 113 Å². The Morgan fingerprint density at radius 2 is 1.04 bits per heavy atom. The summed E-state index contributed by atoms with van der Waals surface area (Å²) in [5.74, 6) is 0.147. The van der Waals surface area contributed by atoms with Gasteiger partial charge in [0.05, 0.1) is 27.1 Å². The average molecular weight is 1100 g/mol. The molecule has 8 nitrogen and oxygen atoms in total. The van der Waals surface area contributed by atoms with Crippen molar-refractivity contribution in [1.82, 2.24) is 0 Å². The Kier molecular flexibility index (Phi) is 16.6. The van der Waals surface area contributed by atoms with Gasteiger partial charge in [0.1, 0.15) is 23.1 Å². The first-order chi connectivity index (χ1) is 39.8. The van der Waals surface area contributed by atoms with Gasteiger partial charge < -0.3 is 29.5 Å². The van der Waals surface area contributed by atoms with Crippen molar-refractivity contribution < 1.29 is 38.1 Å². The predicted octanol–water partition coefficient (Wildman–Crippen LogP) is 16.3. The number of aliphatic carboxylic acids is 2. The fraction of sp³-hybridized carbons (Fsp3) is 0.306. The first-order valence-electron chi connectivity index (χ1n) is 29.0. The minimum Gasteiger partial charge on any atom is -0.497 e. The lowest BCUT2D eigenvalue weighted by Gasteiger charge is -2.33. The number of anilines is 2. The fourth-order valence-corrected chi connectivity index (χ4v) is 13.6. The van der Waals surface area contributed by atoms with Gasteiger partial charge in [-0.2, -0.15) is 0 Å². The Labute approximate surface area is 481 Å². The van der Waals surface area contributed by atoms with Gasteiger partial charge in [0, 0.05) is 53.6 Å². The number of nitrogens with zero attached hydrogens (tertiary/aromatic N) is 2. The molecule has 1 aliphatic carbocycles. The first-order valence-corrected chi connectivity index (χ1v) is 29.0. The van der Waals surface area contributed by atoms with Crippen molar-refractivity contribution in [1.29, 1.82) is 0 Å². The predicted molar refractivity (Wildman–Crippen MR) is 324 cm³/mol. The molecule has 11 rings (SSSR count). The number of hydrogen-bond acceptors (Lipinski definition) is 6. The van der Waals surface area contributed by atoms with Gasteiger partial charge in [-0.15, -0.1) is 0 Å². The van der Waals surface area contributed by atoms with Crippen LogP contribution in [0.25, 0.3) is 33.4 Å². The molecule has 1 saturated carbocycles. The summed E-state index contributed by atoms with van der Waals surface area (Å²) >= 11 is 0. The number of hydrogen-bond donors (Lipinski definition) is 2. The van der Waals surface area contributed by atoms with E-state index in [1.54, 1.807) is 26.4 Å². The third kappa shape index (κ3) is 12.3. The van der Waals surface area contributed by atoms with Crippen LogP contribution in [0.1, 0.15) is 108 Å². The highest BCUT2D eigenvalue weighted by atomic mass is 19.1. The molecule has 82 heavy (non-hydrogen) atoms. The summed E-state index contributed by atoms with van der Waals surface area (Å²) in [7, 11) is 3.21. The van der Waals surface area contributed by atoms with E-state index in [1.807, 2.05) is 55.5 Å². The average Bonchev–Trinajstić information content (AvgIpc) is 4.28. The van der Waals surface area contributed by atoms with Gasteiger partial charge in [-0.05, 0) is 204 Å². The van der Waals surface area contributed by atoms with Gasteiger partial charge in [-0.3, -0.25) is 9.59 Å². The number of carboxylic acid groups (broad SMARTS) is 2. The maximum absolute atomic E-state index is 17.0. The van der Waals surface area contributed by atoms with Crippen LogP contribution in [0.4, 0.5) is 20.2 Å². The molecule has 3 aliphatic rings. The largest absolute Gasteiger partial charge is 0.497 e. The number of methoxy groups -OCH3 is 2. The van der Waals surface area contributed by atoms with E-state index >= 15 is 4.39 Å². The molecule has 2 saturated heterocycles. The van der Waals surface area contributed by atoms with Crippen LogP contribution in [0, 0.1) is 37.3 Å². The SMILES string of the molecule is COc1ccc(F)c(-c2ccc(Cc3ccc(N4CC(C5CCC(c6cc(OC)cc(-c7ccc(Cc8ccc(N9CC(c%10ccc(-c%11ccccc%11)cc%10)CC9CC(=O)O)cc8)c(C)c7)c6F)CC5)CC4CC(=O)O)cc3)c(C)c2)c1. The molecule has 2 N–H and O–H groups in total. The van der Waals surface area contributed by atoms with Crippen LogP contribution in [0.2, 0.25) is 0 Å². The molecule has 4 unspecified atom stereocenters. The summed E-state index contributed by atoms with van der Waals surface area (Å²) in [6.07, 6.45) is 6.72. The third-order valence-electron chi connectivity index (χ3n) is 18.2. The van der Waals surface area contributed by atoms with Crippen molar-refractivity contribution in [3.05, 3.63) is 226 Å². The quantitative estimate of drug-likeness (QED) is 0.0877. The highest BCUT2D eigenvalue weighted by Gasteiger charge is 2.40. The Balaban J connectivity index is 0.720. The van der Waals surface area contributed by atoms with Gasteiger partial charge in [-0.25, -0.2) is 8.78 Å². The lowest BCUT2D eigenvalue weighted by molar-refractivity contribution is -0.138. The van der Waals surface area contributed by atoms with Gasteiger partial charge in [0.2, 0.25) is 0 Å². The zero-order valence-corrected chi connectivity index (χ0v) is 47.3. The summed E-state index contributed by atoms with van der Waals surface area (Å²) in [4.78, 5) is 28.8. The minimum atomic E-state index is -0.799. The van der Waals surface area contributed by atoms with Gasteiger partial charge in [0.15, 0.2) is 0 Å². The molecule has 4 atom stereocenters. The van der Waals surface area contributed by atoms with Crippen LogP contribution < -0.4 is 19.3 Å². The van der Waals surface area contributed by atoms with Crippen molar-refractivity contribution in [2.75, 3.05) is 37.1 Å². The van der Waals surface area contributed by atoms with E-state index < -0.39 is 11.9 Å². The van der Waals surface area contributed by atoms with Crippen LogP contribution in [0.3, 0.4) is 0 Å². The number of benzene rings is 8. The molecule has 0 spiro atoms. The third-order valence-corrected chi connectivity index (χ3v) is 18.2. The topological polar surface area (TPSA) is 99.5 Å². The second kappa shape index (κ2) is 24.5. The molecule has 8 aromatic carbocycles. The second-order valence-corrected chi connectivity index (χ2v) is 23.2. The highest BCUT2D eigenvalue weighted by molar-refractivity contribution is 5.72. The second-order valence-electron chi connectivity index (χ2n) is 23.2. The van der Waals surface area contributed by atoms with Crippen molar-refractivity contribution >= 4 is 23.3 Å². The number of carbonyl (C=O) groups is 2. The first kappa shape index (κ1) is 55.7. The van der Waals surface area contributed by atoms with E-state index in [2.05, 4.69) is 120 Å². The molecule has 0 aromatic heterocycles. The summed E-state index contributed by atoms with van der Waals surface area (Å²) < 4.78 is 43.0. The summed E-state index contributed by atoms with van der Waals surface area (Å²) in [5, 5.41) is 19.9.